The fourth-order valence-corrected chi connectivity index (χ4v) is 5.06. The molecule has 0 aromatic rings. The number of nitrogens with zero attached hydrogens (tertiary/aromatic N) is 1. The molecule has 3 fully saturated rings. The lowest BCUT2D eigenvalue weighted by atomic mass is 9.46. The molecule has 0 bridgehead atoms. The molecule has 3 rings (SSSR count). The van der Waals surface area contributed by atoms with E-state index >= 15 is 0 Å². The van der Waals surface area contributed by atoms with E-state index < -0.39 is 0 Å². The van der Waals surface area contributed by atoms with Crippen molar-refractivity contribution in [2.24, 2.45) is 22.2 Å². The zero-order valence-electron chi connectivity index (χ0n) is 15.8. The third-order valence-corrected chi connectivity index (χ3v) is 6.41. The van der Waals surface area contributed by atoms with E-state index in [9.17, 15) is 5.11 Å². The maximum Gasteiger partial charge on any atom is 0.191 e. The molecule has 0 aromatic carbocycles. The van der Waals surface area contributed by atoms with E-state index in [4.69, 9.17) is 9.73 Å². The normalized spacial score (nSPS) is 30.7. The molecule has 25 heavy (non-hydrogen) atoms. The summed E-state index contributed by atoms with van der Waals surface area (Å²) in [6.45, 7) is 7.19. The highest BCUT2D eigenvalue weighted by molar-refractivity contribution is 14.0. The quantitative estimate of drug-likeness (QED) is 0.293. The van der Waals surface area contributed by atoms with Crippen LogP contribution < -0.4 is 10.6 Å². The number of guanidine groups is 1. The lowest BCUT2D eigenvalue weighted by Gasteiger charge is -2.63. The van der Waals surface area contributed by atoms with Crippen LogP contribution in [0, 0.1) is 17.3 Å². The first-order valence-corrected chi connectivity index (χ1v) is 10.0. The Morgan fingerprint density at radius 2 is 2.12 bits per heavy atom. The van der Waals surface area contributed by atoms with Crippen molar-refractivity contribution in [2.45, 2.75) is 70.9 Å². The minimum Gasteiger partial charge on any atom is -0.396 e. The van der Waals surface area contributed by atoms with Crippen LogP contribution in [-0.2, 0) is 4.74 Å². The largest absolute Gasteiger partial charge is 0.396 e. The summed E-state index contributed by atoms with van der Waals surface area (Å²) in [5.41, 5.74) is 0.380. The number of ether oxygens (including phenoxy) is 1. The Morgan fingerprint density at radius 1 is 1.32 bits per heavy atom. The number of halogens is 1. The lowest BCUT2D eigenvalue weighted by molar-refractivity contribution is -0.171. The van der Waals surface area contributed by atoms with Gasteiger partial charge in [0.25, 0.3) is 0 Å². The molecule has 1 heterocycles. The lowest BCUT2D eigenvalue weighted by Crippen LogP contribution is -2.72. The van der Waals surface area contributed by atoms with Gasteiger partial charge in [0.15, 0.2) is 5.96 Å². The highest BCUT2D eigenvalue weighted by Crippen LogP contribution is 2.62. The second-order valence-corrected chi connectivity index (χ2v) is 7.84. The van der Waals surface area contributed by atoms with Crippen LogP contribution in [0.15, 0.2) is 4.99 Å². The van der Waals surface area contributed by atoms with Gasteiger partial charge in [0, 0.05) is 43.7 Å². The van der Waals surface area contributed by atoms with Crippen molar-refractivity contribution in [2.75, 3.05) is 26.3 Å². The first kappa shape index (κ1) is 21.2. The summed E-state index contributed by atoms with van der Waals surface area (Å²) in [6, 6.07) is 0.527. The zero-order chi connectivity index (χ0) is 17.0. The molecule has 0 radical (unpaired) electrons. The van der Waals surface area contributed by atoms with Crippen LogP contribution in [0.5, 0.6) is 0 Å². The number of nitrogens with one attached hydrogen (secondary N) is 2. The second-order valence-electron chi connectivity index (χ2n) is 7.84. The average molecular weight is 465 g/mol. The highest BCUT2D eigenvalue weighted by Gasteiger charge is 2.66. The average Bonchev–Trinajstić information content (AvgIpc) is 2.94. The summed E-state index contributed by atoms with van der Waals surface area (Å²) in [5.74, 6) is 2.10. The van der Waals surface area contributed by atoms with E-state index in [2.05, 4.69) is 24.5 Å². The number of aliphatic imine (C=N–C) groups is 1. The van der Waals surface area contributed by atoms with Gasteiger partial charge in [0.05, 0.1) is 6.10 Å². The predicted molar refractivity (Wildman–Crippen MR) is 113 cm³/mol. The topological polar surface area (TPSA) is 65.9 Å². The molecule has 0 aromatic heterocycles. The molecular weight excluding hydrogens is 429 g/mol. The summed E-state index contributed by atoms with van der Waals surface area (Å²) in [6.07, 6.45) is 8.76. The summed E-state index contributed by atoms with van der Waals surface area (Å²) in [7, 11) is 0. The first-order valence-electron chi connectivity index (χ1n) is 10.0. The highest BCUT2D eigenvalue weighted by atomic mass is 127. The number of aliphatic hydroxyl groups is 1. The SMILES string of the molecule is CCCC(CCO)CN=C(NCC)NC1C2CCOC2C12CCC2.I. The number of rotatable bonds is 8. The van der Waals surface area contributed by atoms with Crippen LogP contribution in [0.3, 0.4) is 0 Å². The molecule has 4 atom stereocenters. The monoisotopic (exact) mass is 465 g/mol. The van der Waals surface area contributed by atoms with Crippen molar-refractivity contribution < 1.29 is 9.84 Å². The summed E-state index contributed by atoms with van der Waals surface area (Å²) < 4.78 is 6.02. The van der Waals surface area contributed by atoms with Crippen molar-refractivity contribution >= 4 is 29.9 Å². The summed E-state index contributed by atoms with van der Waals surface area (Å²) in [5, 5.41) is 16.4. The number of hydrogen-bond acceptors (Lipinski definition) is 3. The van der Waals surface area contributed by atoms with E-state index in [0.717, 1.165) is 44.9 Å². The van der Waals surface area contributed by atoms with Crippen LogP contribution in [0.1, 0.15) is 58.8 Å². The van der Waals surface area contributed by atoms with Crippen LogP contribution >= 0.6 is 24.0 Å². The molecule has 5 nitrogen and oxygen atoms in total. The third kappa shape index (κ3) is 4.26. The molecule has 0 amide bonds. The van der Waals surface area contributed by atoms with Crippen LogP contribution in [0.25, 0.3) is 0 Å². The number of fused-ring (bicyclic) bond motifs is 2. The molecular formula is C19H36IN3O2. The van der Waals surface area contributed by atoms with Crippen molar-refractivity contribution in [3.63, 3.8) is 0 Å². The Balaban J connectivity index is 0.00000225. The molecule has 1 spiro atoms. The summed E-state index contributed by atoms with van der Waals surface area (Å²) in [4.78, 5) is 4.85. The maximum atomic E-state index is 9.24. The van der Waals surface area contributed by atoms with E-state index in [-0.39, 0.29) is 30.6 Å². The number of aliphatic hydroxyl groups excluding tert-OH is 1. The minimum atomic E-state index is 0. The molecule has 3 N–H and O–H groups in total. The molecule has 3 aliphatic rings. The van der Waals surface area contributed by atoms with Gasteiger partial charge in [0.1, 0.15) is 0 Å². The molecule has 146 valence electrons. The zero-order valence-corrected chi connectivity index (χ0v) is 18.1. The van der Waals surface area contributed by atoms with E-state index in [0.29, 0.717) is 29.4 Å². The third-order valence-electron chi connectivity index (χ3n) is 6.41. The fraction of sp³-hybridized carbons (Fsp3) is 0.947. The predicted octanol–water partition coefficient (Wildman–Crippen LogP) is 2.92. The molecule has 2 aliphatic carbocycles. The maximum absolute atomic E-state index is 9.24. The van der Waals surface area contributed by atoms with Gasteiger partial charge < -0.3 is 20.5 Å². The van der Waals surface area contributed by atoms with Gasteiger partial charge in [-0.25, -0.2) is 0 Å². The second kappa shape index (κ2) is 9.74. The van der Waals surface area contributed by atoms with E-state index in [1.54, 1.807) is 0 Å². The molecule has 4 unspecified atom stereocenters. The van der Waals surface area contributed by atoms with E-state index in [1.807, 2.05) is 0 Å². The van der Waals surface area contributed by atoms with Crippen molar-refractivity contribution in [3.8, 4) is 0 Å². The Bertz CT molecular complexity index is 436. The Morgan fingerprint density at radius 3 is 2.72 bits per heavy atom. The van der Waals surface area contributed by atoms with Gasteiger partial charge >= 0.3 is 0 Å². The molecule has 2 saturated carbocycles. The van der Waals surface area contributed by atoms with Gasteiger partial charge in [-0.15, -0.1) is 24.0 Å². The first-order chi connectivity index (χ1) is 11.7. The van der Waals surface area contributed by atoms with Crippen LogP contribution in [0.4, 0.5) is 0 Å². The Hall–Kier alpha value is -0.0800. The van der Waals surface area contributed by atoms with Crippen molar-refractivity contribution in [1.82, 2.24) is 10.6 Å². The van der Waals surface area contributed by atoms with Gasteiger partial charge in [-0.1, -0.05) is 19.8 Å². The van der Waals surface area contributed by atoms with Gasteiger partial charge in [-0.05, 0) is 44.9 Å². The van der Waals surface area contributed by atoms with Crippen molar-refractivity contribution in [3.05, 3.63) is 0 Å². The standard InChI is InChI=1S/C19H35N3O2.HI/c1-3-6-14(7-11-23)13-21-18(20-4-2)22-16-15-8-12-24-17(15)19(16)9-5-10-19;/h14-17,23H,3-13H2,1-2H3,(H2,20,21,22);1H. The minimum absolute atomic E-state index is 0. The van der Waals surface area contributed by atoms with Crippen LogP contribution in [0.2, 0.25) is 0 Å². The Labute approximate surface area is 169 Å². The van der Waals surface area contributed by atoms with Gasteiger partial charge in [-0.3, -0.25) is 4.99 Å². The smallest absolute Gasteiger partial charge is 0.191 e. The summed E-state index contributed by atoms with van der Waals surface area (Å²) >= 11 is 0. The molecule has 6 heteroatoms. The van der Waals surface area contributed by atoms with Gasteiger partial charge in [0.2, 0.25) is 0 Å². The van der Waals surface area contributed by atoms with Crippen LogP contribution in [-0.4, -0.2) is 49.5 Å². The van der Waals surface area contributed by atoms with Crippen molar-refractivity contribution in [1.29, 1.82) is 0 Å². The van der Waals surface area contributed by atoms with E-state index in [1.165, 1.54) is 25.7 Å². The van der Waals surface area contributed by atoms with Gasteiger partial charge in [-0.2, -0.15) is 0 Å². The number of hydrogen-bond donors (Lipinski definition) is 3. The fourth-order valence-electron chi connectivity index (χ4n) is 5.06. The molecule has 1 saturated heterocycles. The molecule has 1 aliphatic heterocycles. The Kier molecular flexibility index (Phi) is 8.27.